The number of imide groups is 1. The lowest BCUT2D eigenvalue weighted by Crippen LogP contribution is -2.32. The zero-order valence-corrected chi connectivity index (χ0v) is 11.7. The van der Waals surface area contributed by atoms with Crippen molar-refractivity contribution in [2.24, 2.45) is 0 Å². The normalized spacial score (nSPS) is 13.2. The van der Waals surface area contributed by atoms with E-state index < -0.39 is 5.97 Å². The van der Waals surface area contributed by atoms with Gasteiger partial charge in [0.25, 0.3) is 11.8 Å². The Morgan fingerprint density at radius 1 is 1.19 bits per heavy atom. The molecule has 21 heavy (non-hydrogen) atoms. The van der Waals surface area contributed by atoms with Crippen LogP contribution in [0.15, 0.2) is 36.9 Å². The van der Waals surface area contributed by atoms with Crippen molar-refractivity contribution < 1.29 is 19.1 Å². The van der Waals surface area contributed by atoms with Crippen LogP contribution in [0.2, 0.25) is 0 Å². The molecule has 0 N–H and O–H groups in total. The van der Waals surface area contributed by atoms with Crippen molar-refractivity contribution in [2.75, 3.05) is 13.2 Å². The standard InChI is InChI=1S/C16H17NO4/c1-2-3-6-11-21-14(18)9-10-17-15(19)12-7-4-5-8-13(12)16(17)20/h2,4-5,7-8H,1,3,6,9-11H2. The SMILES string of the molecule is C=CCCCOC(=O)CCN1C(=O)c2ccccc2C1=O. The van der Waals surface area contributed by atoms with Gasteiger partial charge < -0.3 is 4.74 Å². The van der Waals surface area contributed by atoms with Gasteiger partial charge in [0.05, 0.1) is 24.2 Å². The second-order valence-electron chi connectivity index (χ2n) is 4.71. The highest BCUT2D eigenvalue weighted by molar-refractivity contribution is 6.21. The van der Waals surface area contributed by atoms with E-state index in [1.807, 2.05) is 0 Å². The summed E-state index contributed by atoms with van der Waals surface area (Å²) in [5.41, 5.74) is 0.781. The predicted molar refractivity (Wildman–Crippen MR) is 76.8 cm³/mol. The Hall–Kier alpha value is -2.43. The van der Waals surface area contributed by atoms with Crippen LogP contribution in [0.4, 0.5) is 0 Å². The number of ether oxygens (including phenoxy) is 1. The number of nitrogens with zero attached hydrogens (tertiary/aromatic N) is 1. The maximum atomic E-state index is 12.1. The summed E-state index contributed by atoms with van der Waals surface area (Å²) < 4.78 is 5.02. The molecule has 0 atom stereocenters. The summed E-state index contributed by atoms with van der Waals surface area (Å²) in [6.07, 6.45) is 3.28. The van der Waals surface area contributed by atoms with Gasteiger partial charge in [-0.05, 0) is 25.0 Å². The molecule has 0 saturated carbocycles. The van der Waals surface area contributed by atoms with Crippen molar-refractivity contribution in [3.05, 3.63) is 48.0 Å². The Morgan fingerprint density at radius 2 is 1.81 bits per heavy atom. The Labute approximate surface area is 123 Å². The minimum absolute atomic E-state index is 0.0135. The van der Waals surface area contributed by atoms with Crippen LogP contribution in [0.1, 0.15) is 40.0 Å². The number of benzene rings is 1. The van der Waals surface area contributed by atoms with Crippen molar-refractivity contribution in [3.8, 4) is 0 Å². The molecule has 2 amide bonds. The van der Waals surface area contributed by atoms with Crippen LogP contribution in [0, 0.1) is 0 Å². The van der Waals surface area contributed by atoms with Gasteiger partial charge in [-0.3, -0.25) is 19.3 Å². The molecular formula is C16H17NO4. The van der Waals surface area contributed by atoms with E-state index in [1.165, 1.54) is 0 Å². The zero-order chi connectivity index (χ0) is 15.2. The van der Waals surface area contributed by atoms with E-state index in [4.69, 9.17) is 4.74 Å². The molecule has 1 aromatic carbocycles. The number of rotatable bonds is 7. The third-order valence-electron chi connectivity index (χ3n) is 3.23. The number of fused-ring (bicyclic) bond motifs is 1. The Kier molecular flexibility index (Phi) is 4.87. The maximum Gasteiger partial charge on any atom is 0.307 e. The van der Waals surface area contributed by atoms with Gasteiger partial charge in [-0.1, -0.05) is 18.2 Å². The summed E-state index contributed by atoms with van der Waals surface area (Å²) >= 11 is 0. The first-order valence-electron chi connectivity index (χ1n) is 6.87. The molecule has 0 bridgehead atoms. The molecular weight excluding hydrogens is 270 g/mol. The largest absolute Gasteiger partial charge is 0.466 e. The molecule has 2 rings (SSSR count). The van der Waals surface area contributed by atoms with Crippen molar-refractivity contribution in [2.45, 2.75) is 19.3 Å². The third-order valence-corrected chi connectivity index (χ3v) is 3.23. The van der Waals surface area contributed by atoms with Gasteiger partial charge in [0.2, 0.25) is 0 Å². The number of carbonyl (C=O) groups is 3. The summed E-state index contributed by atoms with van der Waals surface area (Å²) in [6, 6.07) is 6.65. The van der Waals surface area contributed by atoms with Crippen LogP contribution in [0.5, 0.6) is 0 Å². The van der Waals surface area contributed by atoms with Crippen molar-refractivity contribution in [1.29, 1.82) is 0 Å². The van der Waals surface area contributed by atoms with Crippen LogP contribution in [0.25, 0.3) is 0 Å². The number of amides is 2. The van der Waals surface area contributed by atoms with E-state index in [0.717, 1.165) is 17.7 Å². The molecule has 0 spiro atoms. The number of hydrogen-bond acceptors (Lipinski definition) is 4. The Balaban J connectivity index is 1.85. The first-order valence-corrected chi connectivity index (χ1v) is 6.87. The summed E-state index contributed by atoms with van der Waals surface area (Å²) in [5, 5.41) is 0. The molecule has 5 heteroatoms. The molecule has 0 unspecified atom stereocenters. The van der Waals surface area contributed by atoms with Crippen molar-refractivity contribution in [3.63, 3.8) is 0 Å². The third kappa shape index (κ3) is 3.37. The molecule has 0 fully saturated rings. The fraction of sp³-hybridized carbons (Fsp3) is 0.312. The van der Waals surface area contributed by atoms with Crippen molar-refractivity contribution >= 4 is 17.8 Å². The number of unbranched alkanes of at least 4 members (excludes halogenated alkanes) is 1. The van der Waals surface area contributed by atoms with E-state index >= 15 is 0 Å². The van der Waals surface area contributed by atoms with E-state index in [9.17, 15) is 14.4 Å². The topological polar surface area (TPSA) is 63.7 Å². The summed E-state index contributed by atoms with van der Waals surface area (Å²) in [7, 11) is 0. The summed E-state index contributed by atoms with van der Waals surface area (Å²) in [4.78, 5) is 36.8. The van der Waals surface area contributed by atoms with Crippen molar-refractivity contribution in [1.82, 2.24) is 4.90 Å². The van der Waals surface area contributed by atoms with E-state index in [2.05, 4.69) is 6.58 Å². The smallest absolute Gasteiger partial charge is 0.307 e. The van der Waals surface area contributed by atoms with Gasteiger partial charge in [-0.15, -0.1) is 6.58 Å². The van der Waals surface area contributed by atoms with E-state index in [1.54, 1.807) is 30.3 Å². The zero-order valence-electron chi connectivity index (χ0n) is 11.7. The average molecular weight is 287 g/mol. The number of allylic oxidation sites excluding steroid dienone is 1. The van der Waals surface area contributed by atoms with E-state index in [-0.39, 0.29) is 24.8 Å². The van der Waals surface area contributed by atoms with Crippen LogP contribution in [-0.4, -0.2) is 35.8 Å². The number of carbonyl (C=O) groups excluding carboxylic acids is 3. The van der Waals surface area contributed by atoms with Gasteiger partial charge in [0.15, 0.2) is 0 Å². The van der Waals surface area contributed by atoms with Gasteiger partial charge >= 0.3 is 5.97 Å². The first-order chi connectivity index (χ1) is 10.1. The highest BCUT2D eigenvalue weighted by Crippen LogP contribution is 2.22. The molecule has 1 aliphatic heterocycles. The quantitative estimate of drug-likeness (QED) is 0.334. The summed E-state index contributed by atoms with van der Waals surface area (Å²) in [5.74, 6) is -1.11. The minimum atomic E-state index is -0.407. The maximum absolute atomic E-state index is 12.1. The lowest BCUT2D eigenvalue weighted by atomic mass is 10.1. The lowest BCUT2D eigenvalue weighted by Gasteiger charge is -2.13. The minimum Gasteiger partial charge on any atom is -0.466 e. The Bertz CT molecular complexity index is 544. The van der Waals surface area contributed by atoms with Gasteiger partial charge in [-0.25, -0.2) is 0 Å². The van der Waals surface area contributed by atoms with Crippen LogP contribution in [-0.2, 0) is 9.53 Å². The molecule has 1 aromatic rings. The number of esters is 1. The molecule has 1 heterocycles. The molecule has 110 valence electrons. The predicted octanol–water partition coefficient (Wildman–Crippen LogP) is 2.18. The fourth-order valence-electron chi connectivity index (χ4n) is 2.13. The average Bonchev–Trinajstić information content (AvgIpc) is 2.74. The molecule has 1 aliphatic rings. The second-order valence-corrected chi connectivity index (χ2v) is 4.71. The Morgan fingerprint density at radius 3 is 2.38 bits per heavy atom. The highest BCUT2D eigenvalue weighted by Gasteiger charge is 2.34. The van der Waals surface area contributed by atoms with Gasteiger partial charge in [-0.2, -0.15) is 0 Å². The van der Waals surface area contributed by atoms with Crippen LogP contribution >= 0.6 is 0 Å². The summed E-state index contributed by atoms with van der Waals surface area (Å²) in [6.45, 7) is 3.95. The number of hydrogen-bond donors (Lipinski definition) is 0. The van der Waals surface area contributed by atoms with Gasteiger partial charge in [0, 0.05) is 6.54 Å². The van der Waals surface area contributed by atoms with E-state index in [0.29, 0.717) is 17.7 Å². The molecule has 0 saturated heterocycles. The van der Waals surface area contributed by atoms with Crippen LogP contribution < -0.4 is 0 Å². The molecule has 5 nitrogen and oxygen atoms in total. The van der Waals surface area contributed by atoms with Crippen LogP contribution in [0.3, 0.4) is 0 Å². The fourth-order valence-corrected chi connectivity index (χ4v) is 2.13. The molecule has 0 radical (unpaired) electrons. The monoisotopic (exact) mass is 287 g/mol. The first kappa shape index (κ1) is 15.0. The molecule has 0 aromatic heterocycles. The molecule has 0 aliphatic carbocycles. The highest BCUT2D eigenvalue weighted by atomic mass is 16.5. The second kappa shape index (κ2) is 6.83. The lowest BCUT2D eigenvalue weighted by molar-refractivity contribution is -0.143. The van der Waals surface area contributed by atoms with Gasteiger partial charge in [0.1, 0.15) is 0 Å².